The molecule has 0 radical (unpaired) electrons. The Morgan fingerprint density at radius 1 is 1.12 bits per heavy atom. The molecule has 4 nitrogen and oxygen atoms in total. The molecule has 0 atom stereocenters. The quantitative estimate of drug-likeness (QED) is 0.632. The maximum atomic E-state index is 8.89. The molecule has 0 unspecified atom stereocenters. The number of nitriles is 1. The molecule has 0 fully saturated rings. The lowest BCUT2D eigenvalue weighted by molar-refractivity contribution is 0.627. The van der Waals surface area contributed by atoms with Gasteiger partial charge in [0.05, 0.1) is 18.0 Å². The highest BCUT2D eigenvalue weighted by Crippen LogP contribution is 2.10. The predicted molar refractivity (Wildman–Crippen MR) is 104 cm³/mol. The van der Waals surface area contributed by atoms with E-state index >= 15 is 0 Å². The largest absolute Gasteiger partial charge is 0.330 e. The van der Waals surface area contributed by atoms with Crippen molar-refractivity contribution in [2.24, 2.45) is 0 Å². The Balaban J connectivity index is 1.46. The van der Waals surface area contributed by atoms with Gasteiger partial charge in [-0.15, -0.1) is 0 Å². The number of nitrogens with zero attached hydrogens (tertiary/aromatic N) is 3. The number of aromatic nitrogens is 2. The summed E-state index contributed by atoms with van der Waals surface area (Å²) in [4.78, 5) is 4.30. The molecule has 0 amide bonds. The molecule has 26 heavy (non-hydrogen) atoms. The van der Waals surface area contributed by atoms with Crippen molar-refractivity contribution in [3.8, 4) is 6.07 Å². The van der Waals surface area contributed by atoms with Crippen molar-refractivity contribution >= 4 is 0 Å². The Bertz CT molecular complexity index is 872. The summed E-state index contributed by atoms with van der Waals surface area (Å²) in [5, 5.41) is 12.4. The van der Waals surface area contributed by atoms with Crippen LogP contribution in [0.2, 0.25) is 0 Å². The summed E-state index contributed by atoms with van der Waals surface area (Å²) in [5.74, 6) is 0. The molecule has 0 aliphatic rings. The second-order valence-corrected chi connectivity index (χ2v) is 6.53. The molecule has 4 heteroatoms. The average molecular weight is 344 g/mol. The summed E-state index contributed by atoms with van der Waals surface area (Å²) in [6, 6.07) is 18.4. The van der Waals surface area contributed by atoms with Crippen LogP contribution in [-0.4, -0.2) is 16.1 Å². The van der Waals surface area contributed by atoms with E-state index in [-0.39, 0.29) is 0 Å². The van der Waals surface area contributed by atoms with Crippen LogP contribution in [0.25, 0.3) is 0 Å². The first kappa shape index (κ1) is 17.9. The highest BCUT2D eigenvalue weighted by molar-refractivity contribution is 5.31. The van der Waals surface area contributed by atoms with Crippen molar-refractivity contribution in [1.82, 2.24) is 14.9 Å². The van der Waals surface area contributed by atoms with E-state index in [0.717, 1.165) is 32.5 Å². The molecule has 1 heterocycles. The van der Waals surface area contributed by atoms with E-state index in [0.29, 0.717) is 5.56 Å². The molecule has 0 spiro atoms. The third-order valence-electron chi connectivity index (χ3n) is 4.60. The SMILES string of the molecule is Cc1ccccc1CNCCCc1cncn1Cc1ccc(C#N)cc1. The number of benzene rings is 2. The summed E-state index contributed by atoms with van der Waals surface area (Å²) in [6.45, 7) is 4.84. The van der Waals surface area contributed by atoms with Gasteiger partial charge >= 0.3 is 0 Å². The first-order valence-corrected chi connectivity index (χ1v) is 8.99. The molecule has 0 aliphatic carbocycles. The van der Waals surface area contributed by atoms with Crippen LogP contribution < -0.4 is 5.32 Å². The van der Waals surface area contributed by atoms with Crippen molar-refractivity contribution in [3.63, 3.8) is 0 Å². The van der Waals surface area contributed by atoms with Crippen LogP contribution in [0.15, 0.2) is 61.1 Å². The van der Waals surface area contributed by atoms with E-state index in [9.17, 15) is 0 Å². The standard InChI is InChI=1S/C22H24N4/c1-18-5-2-3-6-21(18)14-24-12-4-7-22-15-25-17-26(22)16-20-10-8-19(13-23)9-11-20/h2-3,5-6,8-11,15,17,24H,4,7,12,14,16H2,1H3. The summed E-state index contributed by atoms with van der Waals surface area (Å²) < 4.78 is 2.18. The molecule has 2 aromatic carbocycles. The van der Waals surface area contributed by atoms with Gasteiger partial charge in [-0.1, -0.05) is 36.4 Å². The van der Waals surface area contributed by atoms with Gasteiger partial charge in [0.2, 0.25) is 0 Å². The van der Waals surface area contributed by atoms with Gasteiger partial charge in [0.1, 0.15) is 0 Å². The van der Waals surface area contributed by atoms with E-state index in [1.165, 1.54) is 22.4 Å². The highest BCUT2D eigenvalue weighted by Gasteiger charge is 2.04. The zero-order valence-electron chi connectivity index (χ0n) is 15.2. The molecule has 3 rings (SSSR count). The maximum absolute atomic E-state index is 8.89. The topological polar surface area (TPSA) is 53.6 Å². The van der Waals surface area contributed by atoms with Crippen molar-refractivity contribution in [2.75, 3.05) is 6.54 Å². The molecule has 0 bridgehead atoms. The second kappa shape index (κ2) is 8.98. The fourth-order valence-electron chi connectivity index (χ4n) is 3.01. The monoisotopic (exact) mass is 344 g/mol. The molecule has 1 N–H and O–H groups in total. The average Bonchev–Trinajstić information content (AvgIpc) is 3.10. The second-order valence-electron chi connectivity index (χ2n) is 6.53. The Hall–Kier alpha value is -2.90. The number of nitrogens with one attached hydrogen (secondary N) is 1. The lowest BCUT2D eigenvalue weighted by Gasteiger charge is -2.10. The summed E-state index contributed by atoms with van der Waals surface area (Å²) >= 11 is 0. The molecule has 0 saturated carbocycles. The zero-order valence-corrected chi connectivity index (χ0v) is 15.2. The fourth-order valence-corrected chi connectivity index (χ4v) is 3.01. The van der Waals surface area contributed by atoms with Crippen LogP contribution in [0.3, 0.4) is 0 Å². The molecular weight excluding hydrogens is 320 g/mol. The number of hydrogen-bond donors (Lipinski definition) is 1. The van der Waals surface area contributed by atoms with Crippen molar-refractivity contribution in [3.05, 3.63) is 89.0 Å². The van der Waals surface area contributed by atoms with Crippen LogP contribution in [0.4, 0.5) is 0 Å². The zero-order chi connectivity index (χ0) is 18.2. The van der Waals surface area contributed by atoms with Crippen LogP contribution in [0, 0.1) is 18.3 Å². The fraction of sp³-hybridized carbons (Fsp3) is 0.273. The Kier molecular flexibility index (Phi) is 6.19. The molecule has 0 saturated heterocycles. The van der Waals surface area contributed by atoms with Gasteiger partial charge in [0.25, 0.3) is 0 Å². The van der Waals surface area contributed by atoms with Gasteiger partial charge < -0.3 is 9.88 Å². The van der Waals surface area contributed by atoms with Crippen LogP contribution in [-0.2, 0) is 19.5 Å². The van der Waals surface area contributed by atoms with Crippen molar-refractivity contribution in [1.29, 1.82) is 5.26 Å². The van der Waals surface area contributed by atoms with Gasteiger partial charge in [0, 0.05) is 25.0 Å². The summed E-state index contributed by atoms with van der Waals surface area (Å²) in [7, 11) is 0. The Labute approximate surface area is 155 Å². The Morgan fingerprint density at radius 2 is 1.92 bits per heavy atom. The van der Waals surface area contributed by atoms with Crippen LogP contribution in [0.5, 0.6) is 0 Å². The van der Waals surface area contributed by atoms with E-state index in [1.54, 1.807) is 0 Å². The number of rotatable bonds is 8. The first-order chi connectivity index (χ1) is 12.8. The minimum atomic E-state index is 0.694. The molecule has 3 aromatic rings. The number of aryl methyl sites for hydroxylation is 2. The lowest BCUT2D eigenvalue weighted by Crippen LogP contribution is -2.16. The Morgan fingerprint density at radius 3 is 2.69 bits per heavy atom. The molecular formula is C22H24N4. The predicted octanol–water partition coefficient (Wildman–Crippen LogP) is 3.83. The van der Waals surface area contributed by atoms with Crippen LogP contribution in [0.1, 0.15) is 34.4 Å². The summed E-state index contributed by atoms with van der Waals surface area (Å²) in [6.07, 6.45) is 5.90. The van der Waals surface area contributed by atoms with Gasteiger partial charge in [0.15, 0.2) is 0 Å². The smallest absolute Gasteiger partial charge is 0.0991 e. The minimum Gasteiger partial charge on any atom is -0.330 e. The first-order valence-electron chi connectivity index (χ1n) is 8.99. The third-order valence-corrected chi connectivity index (χ3v) is 4.60. The van der Waals surface area contributed by atoms with E-state index in [1.807, 2.05) is 36.8 Å². The van der Waals surface area contributed by atoms with Gasteiger partial charge in [-0.2, -0.15) is 5.26 Å². The molecule has 0 aliphatic heterocycles. The highest BCUT2D eigenvalue weighted by atomic mass is 15.0. The van der Waals surface area contributed by atoms with Gasteiger partial charge in [-0.05, 0) is 55.1 Å². The third kappa shape index (κ3) is 4.81. The number of hydrogen-bond acceptors (Lipinski definition) is 3. The van der Waals surface area contributed by atoms with Crippen molar-refractivity contribution < 1.29 is 0 Å². The normalized spacial score (nSPS) is 10.6. The molecule has 1 aromatic heterocycles. The molecule has 132 valence electrons. The summed E-state index contributed by atoms with van der Waals surface area (Å²) in [5.41, 5.74) is 5.81. The number of imidazole rings is 1. The van der Waals surface area contributed by atoms with E-state index in [2.05, 4.69) is 52.1 Å². The maximum Gasteiger partial charge on any atom is 0.0991 e. The van der Waals surface area contributed by atoms with E-state index in [4.69, 9.17) is 5.26 Å². The van der Waals surface area contributed by atoms with Gasteiger partial charge in [-0.3, -0.25) is 0 Å². The van der Waals surface area contributed by atoms with Crippen LogP contribution >= 0.6 is 0 Å². The van der Waals surface area contributed by atoms with E-state index < -0.39 is 0 Å². The minimum absolute atomic E-state index is 0.694. The van der Waals surface area contributed by atoms with Crippen molar-refractivity contribution in [2.45, 2.75) is 32.9 Å². The lowest BCUT2D eigenvalue weighted by atomic mass is 10.1. The van der Waals surface area contributed by atoms with Gasteiger partial charge in [-0.25, -0.2) is 4.98 Å².